The van der Waals surface area contributed by atoms with Crippen LogP contribution in [0.3, 0.4) is 0 Å². The van der Waals surface area contributed by atoms with Crippen molar-refractivity contribution in [3.8, 4) is 0 Å². The molecule has 7 heteroatoms. The number of carbonyl (C=O) groups excluding carboxylic acids is 2. The summed E-state index contributed by atoms with van der Waals surface area (Å²) in [5, 5.41) is 13.7. The van der Waals surface area contributed by atoms with Gasteiger partial charge in [-0.2, -0.15) is 0 Å². The van der Waals surface area contributed by atoms with Crippen LogP contribution < -0.4 is 5.32 Å². The Morgan fingerprint density at radius 3 is 2.30 bits per heavy atom. The van der Waals surface area contributed by atoms with E-state index in [-0.39, 0.29) is 23.2 Å². The first-order valence-electron chi connectivity index (χ1n) is 14.5. The Labute approximate surface area is 225 Å². The maximum absolute atomic E-state index is 12.8. The standard InChI is InChI=1S/C30H53N3O4/c1-7-10-28(37-6)26(8-2)33-19-17-32(18-20-33)22-25(34)13-16-31-29(36)24-11-14-30(9-3,15-12-24)21-27(35)23(4)5/h8,10,23-25,34H,7,9,11-22H2,1-6H3,(H,31,36)/b26-8+,28-10+. The molecule has 1 amide bonds. The number of hydrogen-bond acceptors (Lipinski definition) is 6. The number of methoxy groups -OCH3 is 1. The van der Waals surface area contributed by atoms with E-state index in [0.717, 1.165) is 76.2 Å². The fourth-order valence-electron chi connectivity index (χ4n) is 5.75. The second kappa shape index (κ2) is 15.5. The van der Waals surface area contributed by atoms with Crippen LogP contribution in [0.2, 0.25) is 0 Å². The molecule has 0 aromatic rings. The molecule has 212 valence electrons. The molecule has 1 unspecified atom stereocenters. The molecule has 2 rings (SSSR count). The van der Waals surface area contributed by atoms with E-state index in [4.69, 9.17) is 4.74 Å². The normalized spacial score (nSPS) is 24.8. The highest BCUT2D eigenvalue weighted by Gasteiger charge is 2.38. The number of amides is 1. The minimum atomic E-state index is -0.455. The van der Waals surface area contributed by atoms with Gasteiger partial charge in [0, 0.05) is 57.5 Å². The Morgan fingerprint density at radius 2 is 1.78 bits per heavy atom. The average Bonchev–Trinajstić information content (AvgIpc) is 2.89. The van der Waals surface area contributed by atoms with E-state index < -0.39 is 6.10 Å². The first-order chi connectivity index (χ1) is 17.7. The topological polar surface area (TPSA) is 82.1 Å². The highest BCUT2D eigenvalue weighted by Crippen LogP contribution is 2.44. The third-order valence-corrected chi connectivity index (χ3v) is 8.45. The predicted molar refractivity (Wildman–Crippen MR) is 150 cm³/mol. The summed E-state index contributed by atoms with van der Waals surface area (Å²) in [4.78, 5) is 29.8. The Balaban J connectivity index is 1.69. The number of aliphatic hydroxyl groups excluding tert-OH is 1. The van der Waals surface area contributed by atoms with E-state index in [2.05, 4.69) is 41.1 Å². The van der Waals surface area contributed by atoms with Crippen molar-refractivity contribution in [2.75, 3.05) is 46.4 Å². The molecule has 1 atom stereocenters. The molecule has 1 aliphatic carbocycles. The van der Waals surface area contributed by atoms with E-state index in [1.165, 1.54) is 0 Å². The number of allylic oxidation sites excluding steroid dienone is 2. The molecule has 0 aromatic carbocycles. The fourth-order valence-corrected chi connectivity index (χ4v) is 5.75. The zero-order valence-corrected chi connectivity index (χ0v) is 24.4. The third kappa shape index (κ3) is 9.43. The number of nitrogens with one attached hydrogen (secondary N) is 1. The van der Waals surface area contributed by atoms with Crippen molar-refractivity contribution in [3.63, 3.8) is 0 Å². The van der Waals surface area contributed by atoms with Gasteiger partial charge in [0.2, 0.25) is 5.91 Å². The second-order valence-corrected chi connectivity index (χ2v) is 11.3. The lowest BCUT2D eigenvalue weighted by Crippen LogP contribution is -2.48. The number of nitrogens with zero attached hydrogens (tertiary/aromatic N) is 2. The van der Waals surface area contributed by atoms with Crippen LogP contribution in [0, 0.1) is 17.3 Å². The van der Waals surface area contributed by atoms with Crippen LogP contribution in [0.1, 0.15) is 86.0 Å². The van der Waals surface area contributed by atoms with Gasteiger partial charge >= 0.3 is 0 Å². The summed E-state index contributed by atoms with van der Waals surface area (Å²) < 4.78 is 5.58. The fraction of sp³-hybridized carbons (Fsp3) is 0.800. The van der Waals surface area contributed by atoms with E-state index in [9.17, 15) is 14.7 Å². The molecule has 0 radical (unpaired) electrons. The summed E-state index contributed by atoms with van der Waals surface area (Å²) in [7, 11) is 1.72. The zero-order chi connectivity index (χ0) is 27.4. The molecule has 0 bridgehead atoms. The largest absolute Gasteiger partial charge is 0.495 e. The number of carbonyl (C=O) groups is 2. The molecule has 37 heavy (non-hydrogen) atoms. The summed E-state index contributed by atoms with van der Waals surface area (Å²) in [6.45, 7) is 15.0. The summed E-state index contributed by atoms with van der Waals surface area (Å²) in [5.41, 5.74) is 1.21. The van der Waals surface area contributed by atoms with Crippen LogP contribution >= 0.6 is 0 Å². The maximum Gasteiger partial charge on any atom is 0.223 e. The van der Waals surface area contributed by atoms with Crippen LogP contribution in [0.5, 0.6) is 0 Å². The van der Waals surface area contributed by atoms with Gasteiger partial charge in [-0.25, -0.2) is 0 Å². The monoisotopic (exact) mass is 519 g/mol. The van der Waals surface area contributed by atoms with Gasteiger partial charge in [-0.3, -0.25) is 14.5 Å². The molecule has 7 nitrogen and oxygen atoms in total. The first kappa shape index (κ1) is 31.4. The zero-order valence-electron chi connectivity index (χ0n) is 24.4. The van der Waals surface area contributed by atoms with Crippen LogP contribution in [0.25, 0.3) is 0 Å². The van der Waals surface area contributed by atoms with Crippen molar-refractivity contribution in [2.45, 2.75) is 92.1 Å². The van der Waals surface area contributed by atoms with Crippen molar-refractivity contribution < 1.29 is 19.4 Å². The molecular formula is C30H53N3O4. The molecule has 0 aromatic heterocycles. The summed E-state index contributed by atoms with van der Waals surface area (Å²) in [6.07, 6.45) is 10.5. The van der Waals surface area contributed by atoms with Gasteiger partial charge in [0.1, 0.15) is 11.5 Å². The van der Waals surface area contributed by atoms with Gasteiger partial charge in [0.05, 0.1) is 18.9 Å². The van der Waals surface area contributed by atoms with Gasteiger partial charge < -0.3 is 20.1 Å². The smallest absolute Gasteiger partial charge is 0.223 e. The quantitative estimate of drug-likeness (QED) is 0.259. The molecule has 2 aliphatic rings. The molecule has 0 spiro atoms. The lowest BCUT2D eigenvalue weighted by Gasteiger charge is -2.39. The van der Waals surface area contributed by atoms with Gasteiger partial charge in [-0.05, 0) is 56.9 Å². The predicted octanol–water partition coefficient (Wildman–Crippen LogP) is 4.52. The minimum Gasteiger partial charge on any atom is -0.495 e. The highest BCUT2D eigenvalue weighted by atomic mass is 16.5. The molecule has 2 N–H and O–H groups in total. The maximum atomic E-state index is 12.8. The number of piperazine rings is 1. The number of β-amino-alcohol motifs (C(OH)–C–C–N with tert-alkyl or cyclic N) is 1. The number of Topliss-reactive ketones (excluding diaryl/α,β-unsaturated/α-hetero) is 1. The lowest BCUT2D eigenvalue weighted by atomic mass is 9.65. The van der Waals surface area contributed by atoms with Gasteiger partial charge in [0.15, 0.2) is 0 Å². The Morgan fingerprint density at radius 1 is 1.14 bits per heavy atom. The molecule has 2 fully saturated rings. The summed E-state index contributed by atoms with van der Waals surface area (Å²) in [5.74, 6) is 1.48. The van der Waals surface area contributed by atoms with Gasteiger partial charge in [-0.1, -0.05) is 40.2 Å². The lowest BCUT2D eigenvalue weighted by molar-refractivity contribution is -0.128. The van der Waals surface area contributed by atoms with Crippen molar-refractivity contribution in [1.82, 2.24) is 15.1 Å². The molecule has 1 saturated carbocycles. The van der Waals surface area contributed by atoms with Gasteiger partial charge in [-0.15, -0.1) is 0 Å². The Bertz CT molecular complexity index is 776. The summed E-state index contributed by atoms with van der Waals surface area (Å²) in [6, 6.07) is 0. The van der Waals surface area contributed by atoms with Gasteiger partial charge in [0.25, 0.3) is 0 Å². The molecular weight excluding hydrogens is 466 g/mol. The van der Waals surface area contributed by atoms with E-state index in [1.54, 1.807) is 7.11 Å². The van der Waals surface area contributed by atoms with Crippen LogP contribution in [-0.4, -0.2) is 79.1 Å². The van der Waals surface area contributed by atoms with Crippen LogP contribution in [0.15, 0.2) is 23.6 Å². The molecule has 1 aliphatic heterocycles. The van der Waals surface area contributed by atoms with Crippen molar-refractivity contribution in [1.29, 1.82) is 0 Å². The first-order valence-corrected chi connectivity index (χ1v) is 14.5. The van der Waals surface area contributed by atoms with Crippen molar-refractivity contribution in [2.24, 2.45) is 17.3 Å². The van der Waals surface area contributed by atoms with Crippen molar-refractivity contribution in [3.05, 3.63) is 23.6 Å². The van der Waals surface area contributed by atoms with E-state index in [1.807, 2.05) is 20.8 Å². The third-order valence-electron chi connectivity index (χ3n) is 8.45. The van der Waals surface area contributed by atoms with E-state index in [0.29, 0.717) is 31.7 Å². The Kier molecular flexibility index (Phi) is 13.2. The van der Waals surface area contributed by atoms with Crippen LogP contribution in [0.4, 0.5) is 0 Å². The molecule has 1 saturated heterocycles. The minimum absolute atomic E-state index is 0.0265. The summed E-state index contributed by atoms with van der Waals surface area (Å²) >= 11 is 0. The second-order valence-electron chi connectivity index (χ2n) is 11.3. The number of aliphatic hydroxyl groups is 1. The van der Waals surface area contributed by atoms with Crippen LogP contribution in [-0.2, 0) is 14.3 Å². The Hall–Kier alpha value is -1.86. The number of ketones is 1. The van der Waals surface area contributed by atoms with Crippen molar-refractivity contribution >= 4 is 11.7 Å². The molecule has 1 heterocycles. The number of ether oxygens (including phenoxy) is 1. The SMILES string of the molecule is C/C=C(\C(=C/CC)OC)N1CCN(CC(O)CCNC(=O)C2CCC(CC)(CC(=O)C(C)C)CC2)CC1. The average molecular weight is 520 g/mol. The highest BCUT2D eigenvalue weighted by molar-refractivity contribution is 5.81. The number of hydrogen-bond donors (Lipinski definition) is 2. The van der Waals surface area contributed by atoms with E-state index >= 15 is 0 Å². The number of rotatable bonds is 14.